The average Bonchev–Trinajstić information content (AvgIpc) is 2.83. The molecule has 0 amide bonds. The molecule has 3 aromatic heterocycles. The standard InChI is InChI=1S/C13H13N3O/c1-7-5-14-11-4-10(6-15-13(7)11)12-8(2)16-17-9(12)3/h4-6,14H,1-3H3. The molecule has 4 nitrogen and oxygen atoms in total. The van der Waals surface area contributed by atoms with Crippen molar-refractivity contribution in [3.05, 3.63) is 35.5 Å². The number of H-pyrrole nitrogens is 1. The number of nitrogens with zero attached hydrogens (tertiary/aromatic N) is 2. The number of aromatic amines is 1. The number of fused-ring (bicyclic) bond motifs is 1. The van der Waals surface area contributed by atoms with Crippen molar-refractivity contribution in [3.8, 4) is 11.1 Å². The van der Waals surface area contributed by atoms with Crippen molar-refractivity contribution >= 4 is 11.0 Å². The maximum absolute atomic E-state index is 5.18. The molecule has 0 spiro atoms. The SMILES string of the molecule is Cc1noc(C)c1-c1cnc2c(C)c[nH]c2c1. The lowest BCUT2D eigenvalue weighted by molar-refractivity contribution is 0.393. The van der Waals surface area contributed by atoms with Crippen LogP contribution >= 0.6 is 0 Å². The van der Waals surface area contributed by atoms with Gasteiger partial charge in [-0.1, -0.05) is 5.16 Å². The summed E-state index contributed by atoms with van der Waals surface area (Å²) in [4.78, 5) is 7.69. The van der Waals surface area contributed by atoms with Crippen LogP contribution in [0.15, 0.2) is 23.0 Å². The van der Waals surface area contributed by atoms with Crippen molar-refractivity contribution in [1.82, 2.24) is 15.1 Å². The minimum atomic E-state index is 0.826. The highest BCUT2D eigenvalue weighted by atomic mass is 16.5. The zero-order chi connectivity index (χ0) is 12.0. The molecule has 0 aliphatic heterocycles. The van der Waals surface area contributed by atoms with Crippen molar-refractivity contribution in [2.45, 2.75) is 20.8 Å². The summed E-state index contributed by atoms with van der Waals surface area (Å²) in [6.45, 7) is 5.90. The van der Waals surface area contributed by atoms with Gasteiger partial charge < -0.3 is 9.51 Å². The predicted octanol–water partition coefficient (Wildman–Crippen LogP) is 3.14. The Labute approximate surface area is 98.7 Å². The Balaban J connectivity index is 2.25. The monoisotopic (exact) mass is 227 g/mol. The molecule has 3 heterocycles. The molecule has 0 unspecified atom stereocenters. The Morgan fingerprint density at radius 1 is 1.24 bits per heavy atom. The number of hydrogen-bond donors (Lipinski definition) is 1. The van der Waals surface area contributed by atoms with Crippen LogP contribution in [0.5, 0.6) is 0 Å². The second kappa shape index (κ2) is 3.45. The summed E-state index contributed by atoms with van der Waals surface area (Å²) in [5, 5.41) is 3.96. The van der Waals surface area contributed by atoms with E-state index in [4.69, 9.17) is 4.52 Å². The van der Waals surface area contributed by atoms with E-state index < -0.39 is 0 Å². The van der Waals surface area contributed by atoms with Gasteiger partial charge in [-0.25, -0.2) is 0 Å². The van der Waals surface area contributed by atoms with Gasteiger partial charge in [-0.2, -0.15) is 0 Å². The van der Waals surface area contributed by atoms with E-state index in [9.17, 15) is 0 Å². The molecule has 0 atom stereocenters. The molecule has 1 N–H and O–H groups in total. The average molecular weight is 227 g/mol. The molecule has 0 saturated heterocycles. The molecule has 4 heteroatoms. The van der Waals surface area contributed by atoms with Crippen LogP contribution in [0.2, 0.25) is 0 Å². The van der Waals surface area contributed by atoms with Crippen LogP contribution in [0.25, 0.3) is 22.2 Å². The summed E-state index contributed by atoms with van der Waals surface area (Å²) < 4.78 is 5.18. The molecule has 0 bridgehead atoms. The molecule has 0 aromatic carbocycles. The minimum absolute atomic E-state index is 0.826. The van der Waals surface area contributed by atoms with Crippen LogP contribution < -0.4 is 0 Å². The maximum atomic E-state index is 5.18. The van der Waals surface area contributed by atoms with Crippen LogP contribution in [0.1, 0.15) is 17.0 Å². The van der Waals surface area contributed by atoms with Gasteiger partial charge in [-0.15, -0.1) is 0 Å². The van der Waals surface area contributed by atoms with Crippen LogP contribution in [-0.4, -0.2) is 15.1 Å². The number of pyridine rings is 1. The highest BCUT2D eigenvalue weighted by Crippen LogP contribution is 2.28. The molecular formula is C13H13N3O. The van der Waals surface area contributed by atoms with Gasteiger partial charge in [0, 0.05) is 23.5 Å². The van der Waals surface area contributed by atoms with Crippen LogP contribution in [-0.2, 0) is 0 Å². The molecular weight excluding hydrogens is 214 g/mol. The first kappa shape index (κ1) is 10.1. The summed E-state index contributed by atoms with van der Waals surface area (Å²) in [5.41, 5.74) is 6.18. The Bertz CT molecular complexity index is 674. The first-order valence-corrected chi connectivity index (χ1v) is 5.54. The normalized spacial score (nSPS) is 11.2. The fraction of sp³-hybridized carbons (Fsp3) is 0.231. The Hall–Kier alpha value is -2.10. The third-order valence-corrected chi connectivity index (χ3v) is 3.03. The third-order valence-electron chi connectivity index (χ3n) is 3.03. The number of rotatable bonds is 1. The van der Waals surface area contributed by atoms with Gasteiger partial charge in [-0.05, 0) is 32.4 Å². The molecule has 86 valence electrons. The van der Waals surface area contributed by atoms with E-state index in [1.165, 1.54) is 0 Å². The van der Waals surface area contributed by atoms with E-state index in [1.54, 1.807) is 0 Å². The van der Waals surface area contributed by atoms with Crippen LogP contribution in [0.3, 0.4) is 0 Å². The lowest BCUT2D eigenvalue weighted by Crippen LogP contribution is -1.85. The third kappa shape index (κ3) is 1.45. The van der Waals surface area contributed by atoms with Gasteiger partial charge in [0.1, 0.15) is 5.76 Å². The largest absolute Gasteiger partial charge is 0.361 e. The fourth-order valence-corrected chi connectivity index (χ4v) is 2.18. The molecule has 3 aromatic rings. The molecule has 0 radical (unpaired) electrons. The maximum Gasteiger partial charge on any atom is 0.141 e. The lowest BCUT2D eigenvalue weighted by atomic mass is 10.1. The molecule has 0 saturated carbocycles. The Kier molecular flexibility index (Phi) is 2.04. The summed E-state index contributed by atoms with van der Waals surface area (Å²) in [7, 11) is 0. The highest BCUT2D eigenvalue weighted by molar-refractivity contribution is 5.83. The number of hydrogen-bond acceptors (Lipinski definition) is 3. The van der Waals surface area contributed by atoms with Crippen molar-refractivity contribution < 1.29 is 4.52 Å². The molecule has 0 fully saturated rings. The smallest absolute Gasteiger partial charge is 0.141 e. The second-order valence-corrected chi connectivity index (χ2v) is 4.29. The van der Waals surface area contributed by atoms with Crippen molar-refractivity contribution in [2.24, 2.45) is 0 Å². The van der Waals surface area contributed by atoms with E-state index in [-0.39, 0.29) is 0 Å². The Morgan fingerprint density at radius 3 is 2.76 bits per heavy atom. The predicted molar refractivity (Wildman–Crippen MR) is 65.8 cm³/mol. The molecule has 0 aliphatic rings. The first-order chi connectivity index (χ1) is 8.16. The summed E-state index contributed by atoms with van der Waals surface area (Å²) in [6, 6.07) is 2.09. The number of aromatic nitrogens is 3. The zero-order valence-electron chi connectivity index (χ0n) is 10.0. The van der Waals surface area contributed by atoms with E-state index in [1.807, 2.05) is 33.2 Å². The quantitative estimate of drug-likeness (QED) is 0.694. The summed E-state index contributed by atoms with van der Waals surface area (Å²) >= 11 is 0. The minimum Gasteiger partial charge on any atom is -0.361 e. The van der Waals surface area contributed by atoms with Gasteiger partial charge in [0.05, 0.1) is 16.7 Å². The molecule has 17 heavy (non-hydrogen) atoms. The summed E-state index contributed by atoms with van der Waals surface area (Å²) in [5.74, 6) is 0.826. The first-order valence-electron chi connectivity index (χ1n) is 5.54. The lowest BCUT2D eigenvalue weighted by Gasteiger charge is -2.00. The van der Waals surface area contributed by atoms with E-state index in [0.717, 1.165) is 39.2 Å². The topological polar surface area (TPSA) is 54.7 Å². The van der Waals surface area contributed by atoms with E-state index >= 15 is 0 Å². The van der Waals surface area contributed by atoms with Crippen molar-refractivity contribution in [3.63, 3.8) is 0 Å². The van der Waals surface area contributed by atoms with Crippen LogP contribution in [0, 0.1) is 20.8 Å². The summed E-state index contributed by atoms with van der Waals surface area (Å²) in [6.07, 6.45) is 3.84. The van der Waals surface area contributed by atoms with E-state index in [0.29, 0.717) is 0 Å². The zero-order valence-corrected chi connectivity index (χ0v) is 10.0. The van der Waals surface area contributed by atoms with Gasteiger partial charge in [0.2, 0.25) is 0 Å². The fourth-order valence-electron chi connectivity index (χ4n) is 2.18. The van der Waals surface area contributed by atoms with Gasteiger partial charge in [-0.3, -0.25) is 4.98 Å². The van der Waals surface area contributed by atoms with E-state index in [2.05, 4.69) is 21.2 Å². The second-order valence-electron chi connectivity index (χ2n) is 4.29. The molecule has 0 aliphatic carbocycles. The Morgan fingerprint density at radius 2 is 2.06 bits per heavy atom. The number of nitrogens with one attached hydrogen (secondary N) is 1. The molecule has 3 rings (SSSR count). The van der Waals surface area contributed by atoms with Gasteiger partial charge >= 0.3 is 0 Å². The number of aryl methyl sites for hydroxylation is 3. The van der Waals surface area contributed by atoms with Gasteiger partial charge in [0.15, 0.2) is 0 Å². The van der Waals surface area contributed by atoms with Crippen molar-refractivity contribution in [2.75, 3.05) is 0 Å². The highest BCUT2D eigenvalue weighted by Gasteiger charge is 2.13. The van der Waals surface area contributed by atoms with Gasteiger partial charge in [0.25, 0.3) is 0 Å². The van der Waals surface area contributed by atoms with Crippen molar-refractivity contribution in [1.29, 1.82) is 0 Å². The van der Waals surface area contributed by atoms with Crippen LogP contribution in [0.4, 0.5) is 0 Å².